The van der Waals surface area contributed by atoms with Gasteiger partial charge in [0.1, 0.15) is 0 Å². The van der Waals surface area contributed by atoms with Gasteiger partial charge in [-0.1, -0.05) is 30.3 Å². The van der Waals surface area contributed by atoms with Crippen molar-refractivity contribution in [3.8, 4) is 11.3 Å². The monoisotopic (exact) mass is 349 g/mol. The van der Waals surface area contributed by atoms with Crippen LogP contribution in [0, 0.1) is 0 Å². The van der Waals surface area contributed by atoms with Gasteiger partial charge in [-0.2, -0.15) is 18.3 Å². The number of rotatable bonds is 4. The molecule has 0 amide bonds. The summed E-state index contributed by atoms with van der Waals surface area (Å²) in [4.78, 5) is 16.7. The molecular weight excluding hydrogens is 335 g/mol. The van der Waals surface area contributed by atoms with Crippen LogP contribution in [0.3, 0.4) is 0 Å². The van der Waals surface area contributed by atoms with Crippen LogP contribution < -0.4 is 0 Å². The van der Waals surface area contributed by atoms with Gasteiger partial charge < -0.3 is 4.74 Å². The average Bonchev–Trinajstić information content (AvgIpc) is 3.02. The molecule has 0 saturated carbocycles. The van der Waals surface area contributed by atoms with E-state index in [4.69, 9.17) is 0 Å². The maximum atomic E-state index is 12.3. The van der Waals surface area contributed by atoms with Crippen molar-refractivity contribution in [3.05, 3.63) is 48.2 Å². The lowest BCUT2D eigenvalue weighted by atomic mass is 10.1. The lowest BCUT2D eigenvalue weighted by molar-refractivity contribution is -0.161. The molecule has 25 heavy (non-hydrogen) atoms. The Morgan fingerprint density at radius 3 is 2.60 bits per heavy atom. The highest BCUT2D eigenvalue weighted by Crippen LogP contribution is 2.26. The summed E-state index contributed by atoms with van der Waals surface area (Å²) in [6.45, 7) is 0.717. The molecular formula is C17H14F3N3O2. The van der Waals surface area contributed by atoms with Crippen LogP contribution in [0.2, 0.25) is 0 Å². The zero-order chi connectivity index (χ0) is 18.0. The molecule has 0 bridgehead atoms. The van der Waals surface area contributed by atoms with Gasteiger partial charge in [0.15, 0.2) is 12.3 Å². The van der Waals surface area contributed by atoms with E-state index in [0.717, 1.165) is 5.56 Å². The van der Waals surface area contributed by atoms with E-state index < -0.39 is 18.8 Å². The van der Waals surface area contributed by atoms with Gasteiger partial charge in [0.2, 0.25) is 0 Å². The second-order valence-electron chi connectivity index (χ2n) is 5.31. The summed E-state index contributed by atoms with van der Waals surface area (Å²) in [5, 5.41) is 4.48. The van der Waals surface area contributed by atoms with Gasteiger partial charge in [0.05, 0.1) is 22.8 Å². The Morgan fingerprint density at radius 2 is 1.96 bits per heavy atom. The van der Waals surface area contributed by atoms with Gasteiger partial charge in [-0.3, -0.25) is 0 Å². The summed E-state index contributed by atoms with van der Waals surface area (Å²) in [6.07, 6.45) is -3.18. The van der Waals surface area contributed by atoms with Crippen LogP contribution in [0.25, 0.3) is 22.3 Å². The first-order valence-corrected chi connectivity index (χ1v) is 7.55. The van der Waals surface area contributed by atoms with Gasteiger partial charge >= 0.3 is 12.1 Å². The standard InChI is InChI=1S/C17H14F3N3O2/c1-2-23-15-13(9-21-23)12(16(24)25-10-17(18,19)20)8-14(22-15)11-6-4-3-5-7-11/h3-9H,2,10H2,1H3. The van der Waals surface area contributed by atoms with Crippen molar-refractivity contribution in [2.45, 2.75) is 19.6 Å². The first kappa shape index (κ1) is 16.9. The molecule has 3 rings (SSSR count). The summed E-state index contributed by atoms with van der Waals surface area (Å²) >= 11 is 0. The molecule has 5 nitrogen and oxygen atoms in total. The van der Waals surface area contributed by atoms with Crippen LogP contribution in [0.4, 0.5) is 13.2 Å². The van der Waals surface area contributed by atoms with Crippen LogP contribution in [-0.4, -0.2) is 33.5 Å². The number of ether oxygens (including phenoxy) is 1. The van der Waals surface area contributed by atoms with Crippen molar-refractivity contribution < 1.29 is 22.7 Å². The smallest absolute Gasteiger partial charge is 0.422 e. The molecule has 2 heterocycles. The van der Waals surface area contributed by atoms with Crippen LogP contribution in [0.15, 0.2) is 42.6 Å². The fourth-order valence-electron chi connectivity index (χ4n) is 2.43. The molecule has 0 aliphatic rings. The Hall–Kier alpha value is -2.90. The lowest BCUT2D eigenvalue weighted by Crippen LogP contribution is -2.20. The molecule has 0 atom stereocenters. The number of alkyl halides is 3. The number of nitrogens with zero attached hydrogens (tertiary/aromatic N) is 3. The van der Waals surface area contributed by atoms with E-state index in [0.29, 0.717) is 23.3 Å². The molecule has 0 aliphatic heterocycles. The molecule has 0 aliphatic carbocycles. The highest BCUT2D eigenvalue weighted by Gasteiger charge is 2.30. The van der Waals surface area contributed by atoms with Crippen LogP contribution in [-0.2, 0) is 11.3 Å². The molecule has 0 unspecified atom stereocenters. The molecule has 130 valence electrons. The Labute approximate surface area is 141 Å². The quantitative estimate of drug-likeness (QED) is 0.672. The van der Waals surface area contributed by atoms with Crippen molar-refractivity contribution >= 4 is 17.0 Å². The molecule has 2 aromatic heterocycles. The summed E-state index contributed by atoms with van der Waals surface area (Å²) in [6, 6.07) is 10.5. The van der Waals surface area contributed by atoms with Crippen LogP contribution in [0.1, 0.15) is 17.3 Å². The van der Waals surface area contributed by atoms with Crippen molar-refractivity contribution in [1.29, 1.82) is 0 Å². The van der Waals surface area contributed by atoms with Gasteiger partial charge in [0.25, 0.3) is 0 Å². The minimum Gasteiger partial charge on any atom is -0.452 e. The van der Waals surface area contributed by atoms with E-state index in [-0.39, 0.29) is 5.56 Å². The summed E-state index contributed by atoms with van der Waals surface area (Å²) in [7, 11) is 0. The highest BCUT2D eigenvalue weighted by atomic mass is 19.4. The minimum absolute atomic E-state index is 0.00723. The van der Waals surface area contributed by atoms with E-state index in [1.54, 1.807) is 28.9 Å². The number of benzene rings is 1. The molecule has 1 aromatic carbocycles. The number of pyridine rings is 1. The number of halogens is 3. The normalized spacial score (nSPS) is 11.7. The number of carbonyl (C=O) groups is 1. The number of carbonyl (C=O) groups excluding carboxylic acids is 1. The Kier molecular flexibility index (Phi) is 4.43. The first-order chi connectivity index (χ1) is 11.9. The second-order valence-corrected chi connectivity index (χ2v) is 5.31. The third-order valence-electron chi connectivity index (χ3n) is 3.57. The minimum atomic E-state index is -4.59. The van der Waals surface area contributed by atoms with E-state index >= 15 is 0 Å². The van der Waals surface area contributed by atoms with Gasteiger partial charge in [0, 0.05) is 12.1 Å². The third-order valence-corrected chi connectivity index (χ3v) is 3.57. The number of hydrogen-bond donors (Lipinski definition) is 0. The largest absolute Gasteiger partial charge is 0.452 e. The van der Waals surface area contributed by atoms with E-state index in [1.165, 1.54) is 12.3 Å². The zero-order valence-corrected chi connectivity index (χ0v) is 13.2. The fraction of sp³-hybridized carbons (Fsp3) is 0.235. The second kappa shape index (κ2) is 6.54. The maximum Gasteiger partial charge on any atom is 0.422 e. The summed E-state index contributed by atoms with van der Waals surface area (Å²) in [5.74, 6) is -1.06. The maximum absolute atomic E-state index is 12.3. The van der Waals surface area contributed by atoms with Gasteiger partial charge in [-0.05, 0) is 13.0 Å². The van der Waals surface area contributed by atoms with Crippen molar-refractivity contribution in [2.75, 3.05) is 6.61 Å². The summed E-state index contributed by atoms with van der Waals surface area (Å²) in [5.41, 5.74) is 1.62. The summed E-state index contributed by atoms with van der Waals surface area (Å²) < 4.78 is 43.0. The SMILES string of the molecule is CCn1ncc2c(C(=O)OCC(F)(F)F)cc(-c3ccccc3)nc21. The number of hydrogen-bond acceptors (Lipinski definition) is 4. The van der Waals surface area contributed by atoms with E-state index in [1.807, 2.05) is 13.0 Å². The van der Waals surface area contributed by atoms with Gasteiger partial charge in [-0.15, -0.1) is 0 Å². The van der Waals surface area contributed by atoms with Crippen molar-refractivity contribution in [2.24, 2.45) is 0 Å². The van der Waals surface area contributed by atoms with Crippen molar-refractivity contribution in [3.63, 3.8) is 0 Å². The number of fused-ring (bicyclic) bond motifs is 1. The first-order valence-electron chi connectivity index (χ1n) is 7.55. The Morgan fingerprint density at radius 1 is 1.24 bits per heavy atom. The topological polar surface area (TPSA) is 57.0 Å². The predicted octanol–water partition coefficient (Wildman–Crippen LogP) is 3.84. The Balaban J connectivity index is 2.10. The number of esters is 1. The molecule has 0 spiro atoms. The number of aromatic nitrogens is 3. The number of aryl methyl sites for hydroxylation is 1. The molecule has 0 radical (unpaired) electrons. The molecule has 3 aromatic rings. The van der Waals surface area contributed by atoms with Gasteiger partial charge in [-0.25, -0.2) is 14.5 Å². The zero-order valence-electron chi connectivity index (χ0n) is 13.2. The van der Waals surface area contributed by atoms with Crippen LogP contribution in [0.5, 0.6) is 0 Å². The van der Waals surface area contributed by atoms with E-state index in [9.17, 15) is 18.0 Å². The third kappa shape index (κ3) is 3.62. The highest BCUT2D eigenvalue weighted by molar-refractivity contribution is 6.03. The fourth-order valence-corrected chi connectivity index (χ4v) is 2.43. The van der Waals surface area contributed by atoms with Crippen molar-refractivity contribution in [1.82, 2.24) is 14.8 Å². The molecule has 0 N–H and O–H groups in total. The predicted molar refractivity (Wildman–Crippen MR) is 85.0 cm³/mol. The molecule has 0 saturated heterocycles. The molecule has 8 heteroatoms. The lowest BCUT2D eigenvalue weighted by Gasteiger charge is -2.10. The van der Waals surface area contributed by atoms with E-state index in [2.05, 4.69) is 14.8 Å². The molecule has 0 fully saturated rings. The Bertz CT molecular complexity index is 905. The van der Waals surface area contributed by atoms with Crippen LogP contribution >= 0.6 is 0 Å². The average molecular weight is 349 g/mol.